The van der Waals surface area contributed by atoms with Crippen molar-refractivity contribution in [2.24, 2.45) is 0 Å². The summed E-state index contributed by atoms with van der Waals surface area (Å²) >= 11 is 0. The zero-order valence-electron chi connectivity index (χ0n) is 34.0. The summed E-state index contributed by atoms with van der Waals surface area (Å²) < 4.78 is 11.4. The predicted molar refractivity (Wildman–Crippen MR) is 214 cm³/mol. The fourth-order valence-electron chi connectivity index (χ4n) is 6.85. The van der Waals surface area contributed by atoms with Crippen LogP contribution in [0, 0.1) is 0 Å². The number of esters is 2. The Labute approximate surface area is 312 Å². The number of hydrogen-bond donors (Lipinski definition) is 1. The molecule has 0 atom stereocenters. The molecule has 0 aromatic rings. The van der Waals surface area contributed by atoms with E-state index in [2.05, 4.69) is 25.7 Å². The average Bonchev–Trinajstić information content (AvgIpc) is 3.11. The van der Waals surface area contributed by atoms with Gasteiger partial charge in [-0.25, -0.2) is 0 Å². The van der Waals surface area contributed by atoms with Gasteiger partial charge < -0.3 is 19.5 Å². The lowest BCUT2D eigenvalue weighted by Crippen LogP contribution is -2.28. The van der Waals surface area contributed by atoms with Crippen molar-refractivity contribution in [3.05, 3.63) is 0 Å². The topological polar surface area (TPSA) is 76.1 Å². The average molecular weight is 710 g/mol. The van der Waals surface area contributed by atoms with Gasteiger partial charge in [0.15, 0.2) is 0 Å². The third kappa shape index (κ3) is 36.6. The first-order valence-corrected chi connectivity index (χ1v) is 22.3. The second-order valence-electron chi connectivity index (χ2n) is 15.2. The molecule has 0 spiro atoms. The number of hydrogen-bond acceptors (Lipinski definition) is 6. The molecule has 0 aliphatic carbocycles. The number of unbranched alkanes of at least 4 members (excludes halogenated alkanes) is 23. The molecule has 0 fully saturated rings. The molecule has 0 aliphatic heterocycles. The van der Waals surface area contributed by atoms with Crippen LogP contribution in [0.1, 0.15) is 233 Å². The minimum absolute atomic E-state index is 0.0110. The zero-order chi connectivity index (χ0) is 36.6. The second kappa shape index (κ2) is 40.6. The van der Waals surface area contributed by atoms with E-state index in [1.807, 2.05) is 0 Å². The summed E-state index contributed by atoms with van der Waals surface area (Å²) in [6.45, 7) is 10.7. The first kappa shape index (κ1) is 48.9. The normalized spacial score (nSPS) is 11.6. The Kier molecular flexibility index (Phi) is 39.7. The Morgan fingerprint density at radius 1 is 0.460 bits per heavy atom. The van der Waals surface area contributed by atoms with Gasteiger partial charge in [0.2, 0.25) is 0 Å². The van der Waals surface area contributed by atoms with Gasteiger partial charge in [-0.2, -0.15) is 0 Å². The van der Waals surface area contributed by atoms with E-state index in [9.17, 15) is 14.7 Å². The lowest BCUT2D eigenvalue weighted by atomic mass is 10.0. The molecule has 0 radical (unpaired) electrons. The van der Waals surface area contributed by atoms with Crippen LogP contribution >= 0.6 is 0 Å². The van der Waals surface area contributed by atoms with Crippen molar-refractivity contribution in [1.82, 2.24) is 4.90 Å². The number of carbonyl (C=O) groups excluding carboxylic acids is 2. The van der Waals surface area contributed by atoms with Crippen LogP contribution < -0.4 is 0 Å². The summed E-state index contributed by atoms with van der Waals surface area (Å²) in [6, 6.07) is 0. The van der Waals surface area contributed by atoms with Crippen LogP contribution in [0.2, 0.25) is 0 Å². The number of nitrogens with zero attached hydrogens (tertiary/aromatic N) is 1. The summed E-state index contributed by atoms with van der Waals surface area (Å²) in [7, 11) is 0. The molecule has 298 valence electrons. The fraction of sp³-hybridized carbons (Fsp3) is 0.955. The molecule has 0 heterocycles. The first-order valence-electron chi connectivity index (χ1n) is 22.3. The number of rotatable bonds is 41. The Hall–Kier alpha value is -1.14. The lowest BCUT2D eigenvalue weighted by Gasteiger charge is -2.22. The molecule has 0 bridgehead atoms. The zero-order valence-corrected chi connectivity index (χ0v) is 34.0. The van der Waals surface area contributed by atoms with Gasteiger partial charge in [-0.05, 0) is 77.3 Å². The molecule has 0 rings (SSSR count). The minimum atomic E-state index is -0.0285. The maximum atomic E-state index is 12.7. The van der Waals surface area contributed by atoms with Crippen LogP contribution in [0.25, 0.3) is 0 Å². The van der Waals surface area contributed by atoms with Gasteiger partial charge in [0.1, 0.15) is 6.10 Å². The monoisotopic (exact) mass is 710 g/mol. The molecular weight excluding hydrogens is 622 g/mol. The van der Waals surface area contributed by atoms with Crippen LogP contribution in [-0.2, 0) is 19.1 Å². The van der Waals surface area contributed by atoms with Crippen LogP contribution in [0.4, 0.5) is 0 Å². The molecule has 0 aliphatic rings. The third-order valence-corrected chi connectivity index (χ3v) is 10.2. The summed E-state index contributed by atoms with van der Waals surface area (Å²) in [4.78, 5) is 27.2. The van der Waals surface area contributed by atoms with Crippen molar-refractivity contribution in [2.75, 3.05) is 32.8 Å². The van der Waals surface area contributed by atoms with E-state index in [0.717, 1.165) is 90.3 Å². The van der Waals surface area contributed by atoms with Crippen LogP contribution in [0.15, 0.2) is 0 Å². The predicted octanol–water partition coefficient (Wildman–Crippen LogP) is 12.7. The van der Waals surface area contributed by atoms with Crippen molar-refractivity contribution in [1.29, 1.82) is 0 Å². The highest BCUT2D eigenvalue weighted by Crippen LogP contribution is 2.18. The van der Waals surface area contributed by atoms with Crippen LogP contribution in [0.5, 0.6) is 0 Å². The van der Waals surface area contributed by atoms with Crippen molar-refractivity contribution in [3.63, 3.8) is 0 Å². The third-order valence-electron chi connectivity index (χ3n) is 10.2. The van der Waals surface area contributed by atoms with Gasteiger partial charge in [-0.1, -0.05) is 156 Å². The highest BCUT2D eigenvalue weighted by molar-refractivity contribution is 5.69. The highest BCUT2D eigenvalue weighted by Gasteiger charge is 2.14. The Bertz CT molecular complexity index is 686. The highest BCUT2D eigenvalue weighted by atomic mass is 16.5. The van der Waals surface area contributed by atoms with Crippen LogP contribution in [0.3, 0.4) is 0 Å². The summed E-state index contributed by atoms with van der Waals surface area (Å²) in [5, 5.41) is 9.38. The smallest absolute Gasteiger partial charge is 0.306 e. The van der Waals surface area contributed by atoms with E-state index in [-0.39, 0.29) is 24.6 Å². The van der Waals surface area contributed by atoms with Gasteiger partial charge >= 0.3 is 11.9 Å². The van der Waals surface area contributed by atoms with E-state index >= 15 is 0 Å². The van der Waals surface area contributed by atoms with Crippen molar-refractivity contribution >= 4 is 11.9 Å². The molecule has 1 N–H and O–H groups in total. The number of ether oxygens (including phenoxy) is 2. The van der Waals surface area contributed by atoms with E-state index < -0.39 is 0 Å². The molecule has 50 heavy (non-hydrogen) atoms. The summed E-state index contributed by atoms with van der Waals surface area (Å²) in [5.74, 6) is -0.0174. The quantitative estimate of drug-likeness (QED) is 0.0503. The fourth-order valence-corrected chi connectivity index (χ4v) is 6.85. The van der Waals surface area contributed by atoms with Gasteiger partial charge in [0.25, 0.3) is 0 Å². The first-order chi connectivity index (χ1) is 24.6. The van der Waals surface area contributed by atoms with Crippen molar-refractivity contribution in [2.45, 2.75) is 239 Å². The largest absolute Gasteiger partial charge is 0.466 e. The molecule has 0 saturated carbocycles. The molecule has 6 nitrogen and oxygen atoms in total. The Morgan fingerprint density at radius 3 is 1.32 bits per heavy atom. The SMILES string of the molecule is CCCCCCCCCOC(=O)CCCCCCCN(CCCO)CCCCCCC(=O)OC(CCCCCCCC)CCCCCCCC. The minimum Gasteiger partial charge on any atom is -0.466 e. The maximum absolute atomic E-state index is 12.7. The molecule has 0 amide bonds. The molecule has 6 heteroatoms. The van der Waals surface area contributed by atoms with Gasteiger partial charge in [-0.3, -0.25) is 9.59 Å². The number of carbonyl (C=O) groups is 2. The van der Waals surface area contributed by atoms with Gasteiger partial charge in [-0.15, -0.1) is 0 Å². The maximum Gasteiger partial charge on any atom is 0.306 e. The molecule has 0 unspecified atom stereocenters. The lowest BCUT2D eigenvalue weighted by molar-refractivity contribution is -0.150. The number of aliphatic hydroxyl groups excluding tert-OH is 1. The van der Waals surface area contributed by atoms with Crippen molar-refractivity contribution in [3.8, 4) is 0 Å². The standard InChI is InChI=1S/C44H87NO5/c1-4-7-10-13-16-24-31-41-49-43(47)35-27-20-17-22-29-37-45(39-32-40-46)38-30-23-21-28-36-44(48)50-42(33-25-18-14-11-8-5-2)34-26-19-15-12-9-6-3/h42,46H,4-41H2,1-3H3. The van der Waals surface area contributed by atoms with E-state index in [0.29, 0.717) is 19.4 Å². The summed E-state index contributed by atoms with van der Waals surface area (Å²) in [6.07, 6.45) is 37.9. The number of aliphatic hydroxyl groups is 1. The molecule has 0 saturated heterocycles. The Morgan fingerprint density at radius 2 is 0.840 bits per heavy atom. The van der Waals surface area contributed by atoms with E-state index in [1.165, 1.54) is 128 Å². The van der Waals surface area contributed by atoms with Gasteiger partial charge in [0.05, 0.1) is 6.61 Å². The van der Waals surface area contributed by atoms with E-state index in [1.54, 1.807) is 0 Å². The molecular formula is C44H87NO5. The molecule has 0 aromatic heterocycles. The van der Waals surface area contributed by atoms with Crippen molar-refractivity contribution < 1.29 is 24.2 Å². The Balaban J connectivity index is 4.06. The molecule has 0 aromatic carbocycles. The van der Waals surface area contributed by atoms with Gasteiger partial charge in [0, 0.05) is 26.0 Å². The van der Waals surface area contributed by atoms with E-state index in [4.69, 9.17) is 9.47 Å². The second-order valence-corrected chi connectivity index (χ2v) is 15.2. The van der Waals surface area contributed by atoms with Crippen LogP contribution in [-0.4, -0.2) is 60.9 Å². The summed E-state index contributed by atoms with van der Waals surface area (Å²) in [5.41, 5.74) is 0.